The van der Waals surface area contributed by atoms with E-state index < -0.39 is 0 Å². The van der Waals surface area contributed by atoms with Crippen molar-refractivity contribution in [2.24, 2.45) is 0 Å². The van der Waals surface area contributed by atoms with Gasteiger partial charge < -0.3 is 10.1 Å². The Kier molecular flexibility index (Phi) is 4.02. The molecule has 0 aromatic heterocycles. The fraction of sp³-hybridized carbons (Fsp3) is 0.143. The van der Waals surface area contributed by atoms with Crippen molar-refractivity contribution in [3.8, 4) is 0 Å². The molecule has 0 bridgehead atoms. The summed E-state index contributed by atoms with van der Waals surface area (Å²) in [6.07, 6.45) is -0.172. The van der Waals surface area contributed by atoms with E-state index in [1.165, 1.54) is 0 Å². The van der Waals surface area contributed by atoms with Crippen LogP contribution in [-0.4, -0.2) is 7.11 Å². The van der Waals surface area contributed by atoms with Crippen LogP contribution in [0.15, 0.2) is 54.6 Å². The van der Waals surface area contributed by atoms with Crippen LogP contribution in [0.4, 0.5) is 5.69 Å². The van der Waals surface area contributed by atoms with E-state index in [4.69, 9.17) is 16.3 Å². The summed E-state index contributed by atoms with van der Waals surface area (Å²) in [5, 5.41) is 4.02. The first-order chi connectivity index (χ1) is 8.29. The second-order valence-corrected chi connectivity index (χ2v) is 4.11. The average molecular weight is 248 g/mol. The van der Waals surface area contributed by atoms with Crippen LogP contribution in [0.25, 0.3) is 0 Å². The molecule has 0 radical (unpaired) electrons. The summed E-state index contributed by atoms with van der Waals surface area (Å²) >= 11 is 5.86. The van der Waals surface area contributed by atoms with Crippen LogP contribution in [0.1, 0.15) is 11.8 Å². The molecule has 0 saturated heterocycles. The topological polar surface area (TPSA) is 21.3 Å². The molecule has 0 spiro atoms. The lowest BCUT2D eigenvalue weighted by atomic mass is 10.2. The molecule has 2 aromatic rings. The number of rotatable bonds is 4. The zero-order chi connectivity index (χ0) is 12.1. The summed E-state index contributed by atoms with van der Waals surface area (Å²) in [5.74, 6) is 0. The average Bonchev–Trinajstić information content (AvgIpc) is 2.38. The van der Waals surface area contributed by atoms with Gasteiger partial charge in [0.2, 0.25) is 0 Å². The van der Waals surface area contributed by atoms with Gasteiger partial charge in [0, 0.05) is 23.4 Å². The zero-order valence-corrected chi connectivity index (χ0v) is 10.3. The summed E-state index contributed by atoms with van der Waals surface area (Å²) in [7, 11) is 1.68. The van der Waals surface area contributed by atoms with Gasteiger partial charge in [0.25, 0.3) is 0 Å². The molecule has 1 N–H and O–H groups in total. The normalized spacial score (nSPS) is 12.1. The third-order valence-corrected chi connectivity index (χ3v) is 2.73. The SMILES string of the molecule is COC(Nc1ccccc1)c1ccc(Cl)cc1. The molecule has 0 aliphatic heterocycles. The molecule has 0 aliphatic carbocycles. The Morgan fingerprint density at radius 3 is 2.24 bits per heavy atom. The number of hydrogen-bond donors (Lipinski definition) is 1. The van der Waals surface area contributed by atoms with Gasteiger partial charge in [0.15, 0.2) is 6.23 Å². The van der Waals surface area contributed by atoms with Crippen LogP contribution < -0.4 is 5.32 Å². The smallest absolute Gasteiger partial charge is 0.153 e. The highest BCUT2D eigenvalue weighted by atomic mass is 35.5. The van der Waals surface area contributed by atoms with Crippen LogP contribution in [-0.2, 0) is 4.74 Å². The predicted molar refractivity (Wildman–Crippen MR) is 71.3 cm³/mol. The van der Waals surface area contributed by atoms with E-state index in [1.54, 1.807) is 7.11 Å². The van der Waals surface area contributed by atoms with E-state index in [1.807, 2.05) is 54.6 Å². The van der Waals surface area contributed by atoms with Crippen molar-refractivity contribution in [1.29, 1.82) is 0 Å². The van der Waals surface area contributed by atoms with E-state index in [0.717, 1.165) is 16.3 Å². The minimum absolute atomic E-state index is 0.172. The maximum absolute atomic E-state index is 5.86. The molecule has 0 aliphatic rings. The van der Waals surface area contributed by atoms with Crippen molar-refractivity contribution in [2.75, 3.05) is 12.4 Å². The summed E-state index contributed by atoms with van der Waals surface area (Å²) in [6.45, 7) is 0. The van der Waals surface area contributed by atoms with E-state index in [2.05, 4.69) is 5.32 Å². The van der Waals surface area contributed by atoms with Crippen LogP contribution in [0.3, 0.4) is 0 Å². The molecule has 1 unspecified atom stereocenters. The highest BCUT2D eigenvalue weighted by molar-refractivity contribution is 6.30. The third kappa shape index (κ3) is 3.22. The van der Waals surface area contributed by atoms with E-state index in [-0.39, 0.29) is 6.23 Å². The van der Waals surface area contributed by atoms with Gasteiger partial charge >= 0.3 is 0 Å². The van der Waals surface area contributed by atoms with Gasteiger partial charge in [-0.1, -0.05) is 41.9 Å². The molecule has 2 rings (SSSR count). The number of methoxy groups -OCH3 is 1. The first-order valence-electron chi connectivity index (χ1n) is 5.39. The van der Waals surface area contributed by atoms with Gasteiger partial charge in [-0.3, -0.25) is 0 Å². The minimum atomic E-state index is -0.172. The maximum Gasteiger partial charge on any atom is 0.153 e. The number of hydrogen-bond acceptors (Lipinski definition) is 2. The second kappa shape index (κ2) is 5.71. The Hall–Kier alpha value is -1.51. The standard InChI is InChI=1S/C14H14ClNO/c1-17-14(11-7-9-12(15)10-8-11)16-13-5-3-2-4-6-13/h2-10,14,16H,1H3. The quantitative estimate of drug-likeness (QED) is 0.822. The number of para-hydroxylation sites is 1. The zero-order valence-electron chi connectivity index (χ0n) is 9.56. The molecule has 17 heavy (non-hydrogen) atoms. The Bertz CT molecular complexity index is 455. The van der Waals surface area contributed by atoms with Crippen molar-refractivity contribution in [1.82, 2.24) is 0 Å². The summed E-state index contributed by atoms with van der Waals surface area (Å²) in [5.41, 5.74) is 2.06. The molecule has 88 valence electrons. The monoisotopic (exact) mass is 247 g/mol. The van der Waals surface area contributed by atoms with E-state index in [9.17, 15) is 0 Å². The molecule has 0 fully saturated rings. The van der Waals surface area contributed by atoms with Gasteiger partial charge in [-0.25, -0.2) is 0 Å². The highest BCUT2D eigenvalue weighted by Gasteiger charge is 2.09. The molecular formula is C14H14ClNO. The summed E-state index contributed by atoms with van der Waals surface area (Å²) in [6, 6.07) is 17.6. The number of anilines is 1. The molecule has 1 atom stereocenters. The first-order valence-corrected chi connectivity index (χ1v) is 5.77. The van der Waals surface area contributed by atoms with Crippen LogP contribution in [0, 0.1) is 0 Å². The van der Waals surface area contributed by atoms with Crippen LogP contribution in [0.5, 0.6) is 0 Å². The van der Waals surface area contributed by atoms with Gasteiger partial charge in [-0.05, 0) is 24.3 Å². The Morgan fingerprint density at radius 1 is 1.00 bits per heavy atom. The molecular weight excluding hydrogens is 234 g/mol. The maximum atomic E-state index is 5.86. The number of halogens is 1. The van der Waals surface area contributed by atoms with Gasteiger partial charge in [0.05, 0.1) is 0 Å². The third-order valence-electron chi connectivity index (χ3n) is 2.48. The lowest BCUT2D eigenvalue weighted by Gasteiger charge is -2.18. The number of ether oxygens (including phenoxy) is 1. The van der Waals surface area contributed by atoms with Gasteiger partial charge in [0.1, 0.15) is 0 Å². The van der Waals surface area contributed by atoms with Gasteiger partial charge in [-0.2, -0.15) is 0 Å². The van der Waals surface area contributed by atoms with Crippen molar-refractivity contribution in [2.45, 2.75) is 6.23 Å². The van der Waals surface area contributed by atoms with Crippen molar-refractivity contribution in [3.05, 3.63) is 65.2 Å². The number of nitrogens with one attached hydrogen (secondary N) is 1. The molecule has 2 nitrogen and oxygen atoms in total. The Balaban J connectivity index is 2.14. The molecule has 3 heteroatoms. The minimum Gasteiger partial charge on any atom is -0.357 e. The van der Waals surface area contributed by atoms with Crippen molar-refractivity contribution < 1.29 is 4.74 Å². The van der Waals surface area contributed by atoms with E-state index >= 15 is 0 Å². The lowest BCUT2D eigenvalue weighted by molar-refractivity contribution is 0.127. The summed E-state index contributed by atoms with van der Waals surface area (Å²) < 4.78 is 5.43. The second-order valence-electron chi connectivity index (χ2n) is 3.68. The van der Waals surface area contributed by atoms with Gasteiger partial charge in [-0.15, -0.1) is 0 Å². The molecule has 0 heterocycles. The Morgan fingerprint density at radius 2 is 1.65 bits per heavy atom. The summed E-state index contributed by atoms with van der Waals surface area (Å²) in [4.78, 5) is 0. The Labute approximate surface area is 106 Å². The fourth-order valence-electron chi connectivity index (χ4n) is 1.60. The van der Waals surface area contributed by atoms with Crippen molar-refractivity contribution in [3.63, 3.8) is 0 Å². The predicted octanol–water partition coefficient (Wildman–Crippen LogP) is 4.10. The molecule has 0 amide bonds. The van der Waals surface area contributed by atoms with Crippen LogP contribution in [0.2, 0.25) is 5.02 Å². The van der Waals surface area contributed by atoms with Crippen LogP contribution >= 0.6 is 11.6 Å². The highest BCUT2D eigenvalue weighted by Crippen LogP contribution is 2.21. The number of benzene rings is 2. The molecule has 0 saturated carbocycles. The fourth-order valence-corrected chi connectivity index (χ4v) is 1.73. The first kappa shape index (κ1) is 12.0. The van der Waals surface area contributed by atoms with Crippen molar-refractivity contribution >= 4 is 17.3 Å². The lowest BCUT2D eigenvalue weighted by Crippen LogP contribution is -2.12. The molecule has 2 aromatic carbocycles. The largest absolute Gasteiger partial charge is 0.357 e. The van der Waals surface area contributed by atoms with E-state index in [0.29, 0.717) is 0 Å².